The van der Waals surface area contributed by atoms with Crippen molar-refractivity contribution in [1.82, 2.24) is 5.32 Å². The Morgan fingerprint density at radius 3 is 2.62 bits per heavy atom. The third kappa shape index (κ3) is 3.93. The second kappa shape index (κ2) is 6.43. The highest BCUT2D eigenvalue weighted by molar-refractivity contribution is 7.92. The molecule has 0 aliphatic carbocycles. The van der Waals surface area contributed by atoms with Crippen molar-refractivity contribution in [3.8, 4) is 0 Å². The minimum absolute atomic E-state index is 0.100. The van der Waals surface area contributed by atoms with Gasteiger partial charge < -0.3 is 5.32 Å². The van der Waals surface area contributed by atoms with E-state index in [0.717, 1.165) is 6.07 Å². The van der Waals surface area contributed by atoms with Crippen molar-refractivity contribution in [3.63, 3.8) is 0 Å². The lowest BCUT2D eigenvalue weighted by Crippen LogP contribution is -2.17. The summed E-state index contributed by atoms with van der Waals surface area (Å²) < 4.78 is 40.6. The molecule has 2 aromatic carbocycles. The molecule has 0 radical (unpaired) electrons. The van der Waals surface area contributed by atoms with E-state index in [1.807, 2.05) is 0 Å². The van der Waals surface area contributed by atoms with Crippen LogP contribution in [0.15, 0.2) is 47.4 Å². The van der Waals surface area contributed by atoms with E-state index in [-0.39, 0.29) is 4.90 Å². The minimum Gasteiger partial charge on any atom is -0.316 e. The average Bonchev–Trinajstić information content (AvgIpc) is 2.40. The lowest BCUT2D eigenvalue weighted by molar-refractivity contribution is 0.592. The van der Waals surface area contributed by atoms with Gasteiger partial charge in [0.25, 0.3) is 10.0 Å². The minimum atomic E-state index is -3.89. The molecule has 0 fully saturated rings. The average molecular weight is 329 g/mol. The van der Waals surface area contributed by atoms with Gasteiger partial charge >= 0.3 is 0 Å². The fraction of sp³-hybridized carbons (Fsp3) is 0.143. The molecule has 0 amide bonds. The summed E-state index contributed by atoms with van der Waals surface area (Å²) in [5.74, 6) is -0.610. The second-order valence-electron chi connectivity index (χ2n) is 4.40. The molecule has 0 saturated carbocycles. The van der Waals surface area contributed by atoms with Gasteiger partial charge in [0.1, 0.15) is 5.82 Å². The first-order valence-electron chi connectivity index (χ1n) is 6.14. The number of sulfonamides is 1. The van der Waals surface area contributed by atoms with Crippen LogP contribution in [0.3, 0.4) is 0 Å². The Balaban J connectivity index is 2.41. The Labute approximate surface area is 128 Å². The van der Waals surface area contributed by atoms with Crippen LogP contribution < -0.4 is 10.0 Å². The van der Waals surface area contributed by atoms with Crippen LogP contribution in [0.5, 0.6) is 0 Å². The molecule has 7 heteroatoms. The number of rotatable bonds is 5. The van der Waals surface area contributed by atoms with Gasteiger partial charge in [-0.05, 0) is 42.9 Å². The van der Waals surface area contributed by atoms with Crippen molar-refractivity contribution in [2.75, 3.05) is 11.8 Å². The molecule has 0 spiro atoms. The number of anilines is 1. The van der Waals surface area contributed by atoms with Crippen molar-refractivity contribution in [3.05, 3.63) is 58.9 Å². The third-order valence-electron chi connectivity index (χ3n) is 2.76. The van der Waals surface area contributed by atoms with Crippen molar-refractivity contribution in [2.45, 2.75) is 11.4 Å². The highest BCUT2D eigenvalue weighted by atomic mass is 35.5. The molecule has 0 aliphatic rings. The smallest absolute Gasteiger partial charge is 0.262 e. The lowest BCUT2D eigenvalue weighted by Gasteiger charge is -2.12. The first kappa shape index (κ1) is 15.8. The molecular weight excluding hydrogens is 315 g/mol. The fourth-order valence-electron chi connectivity index (χ4n) is 1.88. The quantitative estimate of drug-likeness (QED) is 0.887. The summed E-state index contributed by atoms with van der Waals surface area (Å²) in [6, 6.07) is 9.98. The highest BCUT2D eigenvalue weighted by Gasteiger charge is 2.19. The van der Waals surface area contributed by atoms with Crippen LogP contribution in [0, 0.1) is 5.82 Å². The topological polar surface area (TPSA) is 58.2 Å². The zero-order valence-electron chi connectivity index (χ0n) is 11.2. The van der Waals surface area contributed by atoms with Crippen LogP contribution in [0.1, 0.15) is 5.56 Å². The van der Waals surface area contributed by atoms with Gasteiger partial charge in [0.15, 0.2) is 0 Å². The van der Waals surface area contributed by atoms with E-state index in [1.54, 1.807) is 25.2 Å². The maximum atomic E-state index is 13.4. The Bertz CT molecular complexity index is 750. The summed E-state index contributed by atoms with van der Waals surface area (Å²) in [6.07, 6.45) is 0. The first-order valence-corrected chi connectivity index (χ1v) is 8.00. The molecule has 2 aromatic rings. The molecule has 0 unspecified atom stereocenters. The molecular formula is C14H14ClFN2O2S. The Morgan fingerprint density at radius 1 is 1.19 bits per heavy atom. The van der Waals surface area contributed by atoms with Crippen molar-refractivity contribution in [1.29, 1.82) is 0 Å². The van der Waals surface area contributed by atoms with E-state index in [9.17, 15) is 12.8 Å². The van der Waals surface area contributed by atoms with Gasteiger partial charge in [0, 0.05) is 11.6 Å². The second-order valence-corrected chi connectivity index (χ2v) is 6.49. The van der Waals surface area contributed by atoms with Gasteiger partial charge in [-0.3, -0.25) is 4.72 Å². The van der Waals surface area contributed by atoms with E-state index >= 15 is 0 Å². The zero-order chi connectivity index (χ0) is 15.5. The van der Waals surface area contributed by atoms with Crippen LogP contribution in [-0.4, -0.2) is 15.5 Å². The van der Waals surface area contributed by atoms with E-state index in [1.165, 1.54) is 18.2 Å². The molecule has 2 rings (SSSR count). The molecule has 4 nitrogen and oxygen atoms in total. The van der Waals surface area contributed by atoms with Gasteiger partial charge in [0.2, 0.25) is 0 Å². The van der Waals surface area contributed by atoms with E-state index in [0.29, 0.717) is 22.8 Å². The predicted octanol–water partition coefficient (Wildman–Crippen LogP) is 3.00. The first-order chi connectivity index (χ1) is 9.92. The summed E-state index contributed by atoms with van der Waals surface area (Å²) in [5.41, 5.74) is 0.801. The van der Waals surface area contributed by atoms with Gasteiger partial charge in [-0.2, -0.15) is 0 Å². The van der Waals surface area contributed by atoms with E-state index in [2.05, 4.69) is 10.0 Å². The molecule has 0 heterocycles. The summed E-state index contributed by atoms with van der Waals surface area (Å²) in [6.45, 7) is 0.312. The molecule has 0 aromatic heterocycles. The number of benzene rings is 2. The fourth-order valence-corrected chi connectivity index (χ4v) is 3.37. The third-order valence-corrected chi connectivity index (χ3v) is 4.46. The van der Waals surface area contributed by atoms with Crippen LogP contribution in [0.4, 0.5) is 10.1 Å². The van der Waals surface area contributed by atoms with Crippen LogP contribution in [0.25, 0.3) is 0 Å². The van der Waals surface area contributed by atoms with E-state index < -0.39 is 15.8 Å². The predicted molar refractivity (Wildman–Crippen MR) is 81.4 cm³/mol. The molecule has 2 N–H and O–H groups in total. The van der Waals surface area contributed by atoms with Crippen molar-refractivity contribution < 1.29 is 12.8 Å². The van der Waals surface area contributed by atoms with Gasteiger partial charge in [0.05, 0.1) is 10.6 Å². The summed E-state index contributed by atoms with van der Waals surface area (Å²) in [7, 11) is -2.21. The molecule has 0 saturated heterocycles. The highest BCUT2D eigenvalue weighted by Crippen LogP contribution is 2.22. The van der Waals surface area contributed by atoms with Gasteiger partial charge in [-0.1, -0.05) is 23.7 Å². The van der Waals surface area contributed by atoms with Crippen LogP contribution in [-0.2, 0) is 16.6 Å². The molecule has 0 atom stereocenters. The number of nitrogens with one attached hydrogen (secondary N) is 2. The normalized spacial score (nSPS) is 11.4. The molecule has 0 bridgehead atoms. The Kier molecular flexibility index (Phi) is 4.82. The maximum absolute atomic E-state index is 13.4. The van der Waals surface area contributed by atoms with Crippen LogP contribution >= 0.6 is 11.6 Å². The number of hydrogen-bond donors (Lipinski definition) is 2. The summed E-state index contributed by atoms with van der Waals surface area (Å²) in [4.78, 5) is -0.100. The van der Waals surface area contributed by atoms with Crippen molar-refractivity contribution >= 4 is 27.3 Å². The zero-order valence-corrected chi connectivity index (χ0v) is 12.8. The van der Waals surface area contributed by atoms with Gasteiger partial charge in [-0.15, -0.1) is 0 Å². The Morgan fingerprint density at radius 2 is 1.95 bits per heavy atom. The van der Waals surface area contributed by atoms with Gasteiger partial charge in [-0.25, -0.2) is 12.8 Å². The summed E-state index contributed by atoms with van der Waals surface area (Å²) >= 11 is 5.82. The monoisotopic (exact) mass is 328 g/mol. The Hall–Kier alpha value is -1.63. The molecule has 21 heavy (non-hydrogen) atoms. The SMILES string of the molecule is CNCc1ccc(F)cc1S(=O)(=O)Nc1cccc(Cl)c1. The van der Waals surface area contributed by atoms with Crippen molar-refractivity contribution in [2.24, 2.45) is 0 Å². The molecule has 0 aliphatic heterocycles. The summed E-state index contributed by atoms with van der Waals surface area (Å²) in [5, 5.41) is 3.26. The number of halogens is 2. The lowest BCUT2D eigenvalue weighted by atomic mass is 10.2. The van der Waals surface area contributed by atoms with E-state index in [4.69, 9.17) is 11.6 Å². The maximum Gasteiger partial charge on any atom is 0.262 e. The molecule has 112 valence electrons. The number of hydrogen-bond acceptors (Lipinski definition) is 3. The largest absolute Gasteiger partial charge is 0.316 e. The standard InChI is InChI=1S/C14H14ClFN2O2S/c1-17-9-10-5-6-12(16)8-14(10)21(19,20)18-13-4-2-3-11(15)7-13/h2-8,17-18H,9H2,1H3. The van der Waals surface area contributed by atoms with Crippen LogP contribution in [0.2, 0.25) is 5.02 Å².